The smallest absolute Gasteiger partial charge is 0.326 e. The van der Waals surface area contributed by atoms with Gasteiger partial charge in [-0.3, -0.25) is 9.79 Å². The van der Waals surface area contributed by atoms with Crippen molar-refractivity contribution in [1.29, 1.82) is 0 Å². The number of carboxylic acids is 2. The van der Waals surface area contributed by atoms with Gasteiger partial charge in [-0.05, 0) is 5.92 Å². The van der Waals surface area contributed by atoms with E-state index in [-0.39, 0.29) is 35.9 Å². The standard InChI is InChI=1S/C15H24N2O7/c1-8(2)12(14(21)22)17-10-5-15(23,7-18)4-9(13(10)24-3)16-6-11(19)20/h8,12,17-18,23H,4-7H2,1-3H3,(H,19,20)(H,21,22). The second kappa shape index (κ2) is 8.11. The topological polar surface area (TPSA) is 149 Å². The van der Waals surface area contributed by atoms with Crippen LogP contribution in [0.15, 0.2) is 16.4 Å². The predicted octanol–water partition coefficient (Wildman–Crippen LogP) is -0.414. The fourth-order valence-electron chi connectivity index (χ4n) is 2.50. The number of nitrogens with zero attached hydrogens (tertiary/aromatic N) is 1. The molecular formula is C15H24N2O7. The molecule has 9 heteroatoms. The number of rotatable bonds is 8. The molecule has 0 aromatic heterocycles. The molecule has 9 nitrogen and oxygen atoms in total. The molecule has 0 saturated carbocycles. The number of hydrogen-bond donors (Lipinski definition) is 5. The Morgan fingerprint density at radius 2 is 1.96 bits per heavy atom. The van der Waals surface area contributed by atoms with Crippen LogP contribution in [0.25, 0.3) is 0 Å². The number of methoxy groups -OCH3 is 1. The average Bonchev–Trinajstić information content (AvgIpc) is 2.49. The molecule has 24 heavy (non-hydrogen) atoms. The first-order valence-corrected chi connectivity index (χ1v) is 7.48. The highest BCUT2D eigenvalue weighted by molar-refractivity contribution is 6.01. The number of aliphatic carboxylic acids is 2. The molecule has 1 rings (SSSR count). The SMILES string of the molecule is COC1=C(NC(C(=O)O)C(C)C)CC(O)(CO)CC1=NCC(=O)O. The number of carbonyl (C=O) groups is 2. The van der Waals surface area contributed by atoms with Gasteiger partial charge in [-0.2, -0.15) is 0 Å². The zero-order valence-electron chi connectivity index (χ0n) is 13.9. The number of nitrogens with one attached hydrogen (secondary N) is 1. The van der Waals surface area contributed by atoms with Crippen LogP contribution in [0.2, 0.25) is 0 Å². The quantitative estimate of drug-likeness (QED) is 0.399. The lowest BCUT2D eigenvalue weighted by Gasteiger charge is -2.35. The van der Waals surface area contributed by atoms with E-state index in [0.717, 1.165) is 0 Å². The van der Waals surface area contributed by atoms with Crippen LogP contribution in [0.4, 0.5) is 0 Å². The number of ether oxygens (including phenoxy) is 1. The van der Waals surface area contributed by atoms with Crippen molar-refractivity contribution in [1.82, 2.24) is 5.32 Å². The number of hydrogen-bond acceptors (Lipinski definition) is 7. The van der Waals surface area contributed by atoms with Gasteiger partial charge >= 0.3 is 11.9 Å². The highest BCUT2D eigenvalue weighted by atomic mass is 16.5. The van der Waals surface area contributed by atoms with Crippen molar-refractivity contribution in [3.05, 3.63) is 11.5 Å². The summed E-state index contributed by atoms with van der Waals surface area (Å²) in [5.74, 6) is -2.29. The molecule has 2 unspecified atom stereocenters. The van der Waals surface area contributed by atoms with Crippen LogP contribution in [0.3, 0.4) is 0 Å². The average molecular weight is 344 g/mol. The van der Waals surface area contributed by atoms with E-state index in [9.17, 15) is 24.9 Å². The zero-order valence-corrected chi connectivity index (χ0v) is 13.9. The Morgan fingerprint density at radius 3 is 2.38 bits per heavy atom. The Morgan fingerprint density at radius 1 is 1.33 bits per heavy atom. The second-order valence-corrected chi connectivity index (χ2v) is 6.11. The first-order chi connectivity index (χ1) is 11.1. The van der Waals surface area contributed by atoms with E-state index in [2.05, 4.69) is 10.3 Å². The Labute approximate surface area is 139 Å². The van der Waals surface area contributed by atoms with Crippen LogP contribution in [0.1, 0.15) is 26.7 Å². The molecule has 1 aliphatic rings. The van der Waals surface area contributed by atoms with E-state index in [0.29, 0.717) is 0 Å². The summed E-state index contributed by atoms with van der Waals surface area (Å²) in [5.41, 5.74) is -1.13. The molecule has 0 fully saturated rings. The van der Waals surface area contributed by atoms with E-state index in [1.807, 2.05) is 0 Å². The maximum absolute atomic E-state index is 11.4. The summed E-state index contributed by atoms with van der Waals surface area (Å²) in [4.78, 5) is 26.0. The summed E-state index contributed by atoms with van der Waals surface area (Å²) in [7, 11) is 1.35. The van der Waals surface area contributed by atoms with Gasteiger partial charge in [0.15, 0.2) is 5.76 Å². The Bertz CT molecular complexity index is 556. The molecule has 0 heterocycles. The van der Waals surface area contributed by atoms with Crippen molar-refractivity contribution in [3.8, 4) is 0 Å². The molecule has 0 spiro atoms. The van der Waals surface area contributed by atoms with Gasteiger partial charge in [0.05, 0.1) is 30.7 Å². The van der Waals surface area contributed by atoms with Crippen LogP contribution in [0, 0.1) is 5.92 Å². The van der Waals surface area contributed by atoms with Crippen molar-refractivity contribution in [2.45, 2.75) is 38.3 Å². The minimum atomic E-state index is -1.57. The summed E-state index contributed by atoms with van der Waals surface area (Å²) in [5, 5.41) is 40.8. The van der Waals surface area contributed by atoms with Crippen LogP contribution in [0.5, 0.6) is 0 Å². The van der Waals surface area contributed by atoms with Gasteiger partial charge in [-0.1, -0.05) is 13.8 Å². The van der Waals surface area contributed by atoms with Crippen LogP contribution in [-0.4, -0.2) is 70.0 Å². The monoisotopic (exact) mass is 344 g/mol. The van der Waals surface area contributed by atoms with E-state index in [1.54, 1.807) is 13.8 Å². The third-order valence-electron chi connectivity index (χ3n) is 3.70. The largest absolute Gasteiger partial charge is 0.493 e. The minimum Gasteiger partial charge on any atom is -0.493 e. The van der Waals surface area contributed by atoms with Crippen molar-refractivity contribution >= 4 is 17.7 Å². The van der Waals surface area contributed by atoms with E-state index >= 15 is 0 Å². The summed E-state index contributed by atoms with van der Waals surface area (Å²) in [6.45, 7) is 2.34. The number of aliphatic hydroxyl groups is 2. The highest BCUT2D eigenvalue weighted by Crippen LogP contribution is 2.31. The molecule has 0 aromatic rings. The molecule has 0 saturated heterocycles. The van der Waals surface area contributed by atoms with Gasteiger partial charge in [0, 0.05) is 12.8 Å². The van der Waals surface area contributed by atoms with Gasteiger partial charge < -0.3 is 30.5 Å². The van der Waals surface area contributed by atoms with Crippen molar-refractivity contribution in [2.75, 3.05) is 20.3 Å². The number of aliphatic imine (C=N–C) groups is 1. The van der Waals surface area contributed by atoms with Crippen molar-refractivity contribution in [2.24, 2.45) is 10.9 Å². The first-order valence-electron chi connectivity index (χ1n) is 7.48. The van der Waals surface area contributed by atoms with Crippen LogP contribution < -0.4 is 5.32 Å². The summed E-state index contributed by atoms with van der Waals surface area (Å²) in [6.07, 6.45) is -0.153. The molecule has 5 N–H and O–H groups in total. The van der Waals surface area contributed by atoms with E-state index in [1.165, 1.54) is 7.11 Å². The maximum Gasteiger partial charge on any atom is 0.326 e. The number of carboxylic acid groups (broad SMARTS) is 2. The lowest BCUT2D eigenvalue weighted by molar-refractivity contribution is -0.140. The Kier molecular flexibility index (Phi) is 6.73. The van der Waals surface area contributed by atoms with Gasteiger partial charge in [-0.25, -0.2) is 4.79 Å². The van der Waals surface area contributed by atoms with Crippen LogP contribution >= 0.6 is 0 Å². The molecule has 0 amide bonds. The minimum absolute atomic E-state index is 0.0603. The molecule has 0 radical (unpaired) electrons. The second-order valence-electron chi connectivity index (χ2n) is 6.11. The highest BCUT2D eigenvalue weighted by Gasteiger charge is 2.39. The van der Waals surface area contributed by atoms with Gasteiger partial charge in [0.2, 0.25) is 0 Å². The molecule has 0 bridgehead atoms. The first kappa shape index (κ1) is 19.9. The summed E-state index contributed by atoms with van der Waals surface area (Å²) in [6, 6.07) is -0.938. The summed E-state index contributed by atoms with van der Waals surface area (Å²) >= 11 is 0. The predicted molar refractivity (Wildman–Crippen MR) is 84.6 cm³/mol. The molecule has 2 atom stereocenters. The molecule has 1 aliphatic carbocycles. The fourth-order valence-corrected chi connectivity index (χ4v) is 2.50. The van der Waals surface area contributed by atoms with Crippen molar-refractivity contribution in [3.63, 3.8) is 0 Å². The fraction of sp³-hybridized carbons (Fsp3) is 0.667. The molecule has 136 valence electrons. The Balaban J connectivity index is 3.29. The lowest BCUT2D eigenvalue weighted by Crippen LogP contribution is -2.48. The third kappa shape index (κ3) is 4.93. The maximum atomic E-state index is 11.4. The van der Waals surface area contributed by atoms with Crippen molar-refractivity contribution < 1.29 is 34.8 Å². The zero-order chi connectivity index (χ0) is 18.5. The number of allylic oxidation sites excluding steroid dienone is 1. The van der Waals surface area contributed by atoms with E-state index < -0.39 is 36.7 Å². The Hall–Kier alpha value is -2.13. The molecule has 0 aromatic carbocycles. The van der Waals surface area contributed by atoms with E-state index in [4.69, 9.17) is 9.84 Å². The van der Waals surface area contributed by atoms with Crippen LogP contribution in [-0.2, 0) is 14.3 Å². The third-order valence-corrected chi connectivity index (χ3v) is 3.70. The normalized spacial score (nSPS) is 24.2. The van der Waals surface area contributed by atoms with Gasteiger partial charge in [0.25, 0.3) is 0 Å². The lowest BCUT2D eigenvalue weighted by atomic mass is 9.85. The molecular weight excluding hydrogens is 320 g/mol. The van der Waals surface area contributed by atoms with Gasteiger partial charge in [-0.15, -0.1) is 0 Å². The molecule has 0 aliphatic heterocycles. The summed E-state index contributed by atoms with van der Waals surface area (Å²) < 4.78 is 5.25. The van der Waals surface area contributed by atoms with Gasteiger partial charge in [0.1, 0.15) is 12.6 Å². The number of aliphatic hydroxyl groups excluding tert-OH is 1.